The van der Waals surface area contributed by atoms with Gasteiger partial charge in [0.05, 0.1) is 5.56 Å². The Hall–Kier alpha value is -3.47. The number of para-hydroxylation sites is 2. The second kappa shape index (κ2) is 10.7. The highest BCUT2D eigenvalue weighted by Crippen LogP contribution is 2.24. The Labute approximate surface area is 190 Å². The van der Waals surface area contributed by atoms with Crippen molar-refractivity contribution in [2.24, 2.45) is 0 Å². The SMILES string of the molecule is CCc1cccc(CC)c1NC(=O)c1ccc(C(=O)Nc2c(CC)cccc2CC)nc1. The molecule has 0 aliphatic heterocycles. The molecule has 0 saturated carbocycles. The highest BCUT2D eigenvalue weighted by molar-refractivity contribution is 6.06. The second-order valence-corrected chi connectivity index (χ2v) is 7.66. The zero-order valence-electron chi connectivity index (χ0n) is 19.3. The van der Waals surface area contributed by atoms with E-state index >= 15 is 0 Å². The lowest BCUT2D eigenvalue weighted by atomic mass is 10.0. The zero-order chi connectivity index (χ0) is 23.1. The third-order valence-corrected chi connectivity index (χ3v) is 5.73. The molecule has 0 saturated heterocycles. The lowest BCUT2D eigenvalue weighted by molar-refractivity contribution is 0.101. The fourth-order valence-electron chi connectivity index (χ4n) is 3.83. The van der Waals surface area contributed by atoms with E-state index in [9.17, 15) is 9.59 Å². The number of aryl methyl sites for hydroxylation is 4. The van der Waals surface area contributed by atoms with Gasteiger partial charge >= 0.3 is 0 Å². The average Bonchev–Trinajstić information content (AvgIpc) is 2.84. The number of pyridine rings is 1. The van der Waals surface area contributed by atoms with Crippen LogP contribution in [-0.2, 0) is 25.7 Å². The van der Waals surface area contributed by atoms with Crippen molar-refractivity contribution in [3.8, 4) is 0 Å². The van der Waals surface area contributed by atoms with Gasteiger partial charge in [0.2, 0.25) is 0 Å². The summed E-state index contributed by atoms with van der Waals surface area (Å²) in [7, 11) is 0. The van der Waals surface area contributed by atoms with E-state index in [1.54, 1.807) is 12.1 Å². The molecule has 2 aromatic carbocycles. The van der Waals surface area contributed by atoms with Crippen molar-refractivity contribution in [1.82, 2.24) is 4.98 Å². The first-order valence-corrected chi connectivity index (χ1v) is 11.3. The van der Waals surface area contributed by atoms with Crippen molar-refractivity contribution in [1.29, 1.82) is 0 Å². The summed E-state index contributed by atoms with van der Waals surface area (Å²) >= 11 is 0. The normalized spacial score (nSPS) is 10.6. The van der Waals surface area contributed by atoms with Gasteiger partial charge in [-0.15, -0.1) is 0 Å². The maximum atomic E-state index is 12.8. The van der Waals surface area contributed by atoms with Crippen molar-refractivity contribution in [2.75, 3.05) is 10.6 Å². The van der Waals surface area contributed by atoms with Gasteiger partial charge < -0.3 is 10.6 Å². The van der Waals surface area contributed by atoms with Gasteiger partial charge in [-0.3, -0.25) is 14.6 Å². The van der Waals surface area contributed by atoms with Crippen LogP contribution < -0.4 is 10.6 Å². The van der Waals surface area contributed by atoms with Crippen LogP contribution in [0, 0.1) is 0 Å². The summed E-state index contributed by atoms with van der Waals surface area (Å²) in [6.07, 6.45) is 4.78. The van der Waals surface area contributed by atoms with Crippen molar-refractivity contribution >= 4 is 23.2 Å². The van der Waals surface area contributed by atoms with Crippen LogP contribution in [0.3, 0.4) is 0 Å². The Morgan fingerprint density at radius 2 is 1.09 bits per heavy atom. The number of amides is 2. The zero-order valence-corrected chi connectivity index (χ0v) is 19.3. The van der Waals surface area contributed by atoms with Crippen molar-refractivity contribution < 1.29 is 9.59 Å². The van der Waals surface area contributed by atoms with E-state index in [4.69, 9.17) is 0 Å². The van der Waals surface area contributed by atoms with Gasteiger partial charge in [0.15, 0.2) is 0 Å². The quantitative estimate of drug-likeness (QED) is 0.473. The van der Waals surface area contributed by atoms with Gasteiger partial charge in [-0.1, -0.05) is 64.1 Å². The minimum atomic E-state index is -0.280. The molecular weight excluding hydrogens is 398 g/mol. The number of rotatable bonds is 8. The summed E-state index contributed by atoms with van der Waals surface area (Å²) in [4.78, 5) is 29.9. The van der Waals surface area contributed by atoms with Crippen LogP contribution in [0.4, 0.5) is 11.4 Å². The Morgan fingerprint density at radius 3 is 1.47 bits per heavy atom. The van der Waals surface area contributed by atoms with E-state index in [1.807, 2.05) is 36.4 Å². The summed E-state index contributed by atoms with van der Waals surface area (Å²) in [6.45, 7) is 8.27. The molecule has 3 aromatic rings. The van der Waals surface area contributed by atoms with E-state index in [0.29, 0.717) is 5.56 Å². The van der Waals surface area contributed by atoms with Gasteiger partial charge in [-0.2, -0.15) is 0 Å². The monoisotopic (exact) mass is 429 g/mol. The summed E-state index contributed by atoms with van der Waals surface area (Å²) in [5, 5.41) is 6.05. The second-order valence-electron chi connectivity index (χ2n) is 7.66. The highest BCUT2D eigenvalue weighted by atomic mass is 16.2. The number of carbonyl (C=O) groups excluding carboxylic acids is 2. The Kier molecular flexibility index (Phi) is 7.77. The predicted molar refractivity (Wildman–Crippen MR) is 131 cm³/mol. The highest BCUT2D eigenvalue weighted by Gasteiger charge is 2.15. The molecule has 2 amide bonds. The Morgan fingerprint density at radius 1 is 0.656 bits per heavy atom. The Bertz CT molecular complexity index is 971. The van der Waals surface area contributed by atoms with Crippen molar-refractivity contribution in [3.63, 3.8) is 0 Å². The minimum absolute atomic E-state index is 0.232. The third kappa shape index (κ3) is 5.05. The molecule has 0 atom stereocenters. The number of hydrogen-bond acceptors (Lipinski definition) is 3. The average molecular weight is 430 g/mol. The molecule has 0 radical (unpaired) electrons. The van der Waals surface area contributed by atoms with Gasteiger partial charge in [0.25, 0.3) is 11.8 Å². The maximum Gasteiger partial charge on any atom is 0.274 e. The molecule has 32 heavy (non-hydrogen) atoms. The topological polar surface area (TPSA) is 71.1 Å². The van der Waals surface area contributed by atoms with E-state index in [0.717, 1.165) is 59.3 Å². The van der Waals surface area contributed by atoms with E-state index in [-0.39, 0.29) is 17.5 Å². The molecule has 2 N–H and O–H groups in total. The molecule has 0 unspecified atom stereocenters. The third-order valence-electron chi connectivity index (χ3n) is 5.73. The van der Waals surface area contributed by atoms with Crippen molar-refractivity contribution in [3.05, 3.63) is 88.2 Å². The largest absolute Gasteiger partial charge is 0.321 e. The Balaban J connectivity index is 1.77. The number of hydrogen-bond donors (Lipinski definition) is 2. The number of nitrogens with one attached hydrogen (secondary N) is 2. The molecule has 0 fully saturated rings. The molecule has 3 rings (SSSR count). The molecule has 5 nitrogen and oxygen atoms in total. The molecule has 5 heteroatoms. The van der Waals surface area contributed by atoms with Crippen LogP contribution in [-0.4, -0.2) is 16.8 Å². The van der Waals surface area contributed by atoms with Crippen molar-refractivity contribution in [2.45, 2.75) is 53.4 Å². The number of benzene rings is 2. The van der Waals surface area contributed by atoms with E-state index in [2.05, 4.69) is 43.3 Å². The molecule has 166 valence electrons. The smallest absolute Gasteiger partial charge is 0.274 e. The standard InChI is InChI=1S/C27H31N3O2/c1-5-18-11-9-12-19(6-2)24(18)29-26(31)22-15-16-23(28-17-22)27(32)30-25-20(7-3)13-10-14-21(25)8-4/h9-17H,5-8H2,1-4H3,(H,29,31)(H,30,32). The van der Waals surface area contributed by atoms with Gasteiger partial charge in [0.1, 0.15) is 5.69 Å². The summed E-state index contributed by atoms with van der Waals surface area (Å²) in [5.41, 5.74) is 6.80. The van der Waals surface area contributed by atoms with Crippen LogP contribution in [0.2, 0.25) is 0 Å². The minimum Gasteiger partial charge on any atom is -0.321 e. The van der Waals surface area contributed by atoms with Crippen LogP contribution in [0.15, 0.2) is 54.7 Å². The lowest BCUT2D eigenvalue weighted by Gasteiger charge is -2.15. The molecule has 0 aliphatic carbocycles. The molecule has 1 aromatic heterocycles. The van der Waals surface area contributed by atoms with E-state index in [1.165, 1.54) is 6.20 Å². The molecule has 0 bridgehead atoms. The fraction of sp³-hybridized carbons (Fsp3) is 0.296. The van der Waals surface area contributed by atoms with Crippen LogP contribution in [0.5, 0.6) is 0 Å². The van der Waals surface area contributed by atoms with Crippen LogP contribution in [0.1, 0.15) is 70.8 Å². The summed E-state index contributed by atoms with van der Waals surface area (Å²) in [6, 6.07) is 15.4. The van der Waals surface area contributed by atoms with Gasteiger partial charge in [-0.05, 0) is 60.1 Å². The predicted octanol–water partition coefficient (Wildman–Crippen LogP) is 5.84. The van der Waals surface area contributed by atoms with Gasteiger partial charge in [0, 0.05) is 17.6 Å². The molecule has 1 heterocycles. The van der Waals surface area contributed by atoms with Crippen LogP contribution >= 0.6 is 0 Å². The number of aromatic nitrogens is 1. The molecule has 0 spiro atoms. The lowest BCUT2D eigenvalue weighted by Crippen LogP contribution is -2.18. The number of nitrogens with zero attached hydrogens (tertiary/aromatic N) is 1. The first-order valence-electron chi connectivity index (χ1n) is 11.3. The van der Waals surface area contributed by atoms with Gasteiger partial charge in [-0.25, -0.2) is 0 Å². The summed E-state index contributed by atoms with van der Waals surface area (Å²) in [5.74, 6) is -0.512. The molecular formula is C27H31N3O2. The fourth-order valence-corrected chi connectivity index (χ4v) is 3.83. The van der Waals surface area contributed by atoms with Crippen LogP contribution in [0.25, 0.3) is 0 Å². The number of carbonyl (C=O) groups is 2. The molecule has 0 aliphatic rings. The first kappa shape index (κ1) is 23.2. The number of anilines is 2. The first-order chi connectivity index (χ1) is 15.5. The maximum absolute atomic E-state index is 12.8. The summed E-state index contributed by atoms with van der Waals surface area (Å²) < 4.78 is 0. The van der Waals surface area contributed by atoms with E-state index < -0.39 is 0 Å².